The molecular weight excluding hydrogens is 445 g/mol. The summed E-state index contributed by atoms with van der Waals surface area (Å²) in [6.07, 6.45) is 0. The monoisotopic (exact) mass is 463 g/mol. The molecule has 0 bridgehead atoms. The Bertz CT molecular complexity index is 902. The van der Waals surface area contributed by atoms with E-state index in [0.29, 0.717) is 23.2 Å². The SMILES string of the molecule is C[C@H](NCc1cc(Br)ccc1OCc1ccc(Cl)c(Cl)c1)c1ccccc1. The van der Waals surface area contributed by atoms with Crippen molar-refractivity contribution in [3.63, 3.8) is 0 Å². The molecule has 0 saturated carbocycles. The fraction of sp³-hybridized carbons (Fsp3) is 0.182. The smallest absolute Gasteiger partial charge is 0.124 e. The summed E-state index contributed by atoms with van der Waals surface area (Å²) in [5.41, 5.74) is 3.32. The van der Waals surface area contributed by atoms with Crippen LogP contribution < -0.4 is 10.1 Å². The van der Waals surface area contributed by atoms with Crippen LogP contribution >= 0.6 is 39.1 Å². The summed E-state index contributed by atoms with van der Waals surface area (Å²) < 4.78 is 7.07. The van der Waals surface area contributed by atoms with Crippen LogP contribution in [0, 0.1) is 0 Å². The van der Waals surface area contributed by atoms with Gasteiger partial charge in [-0.15, -0.1) is 0 Å². The molecule has 1 N–H and O–H groups in total. The molecule has 0 fully saturated rings. The molecule has 1 atom stereocenters. The van der Waals surface area contributed by atoms with Crippen molar-refractivity contribution in [1.82, 2.24) is 5.32 Å². The Morgan fingerprint density at radius 3 is 2.48 bits per heavy atom. The average Bonchev–Trinajstić information content (AvgIpc) is 2.68. The quantitative estimate of drug-likeness (QED) is 0.399. The summed E-state index contributed by atoms with van der Waals surface area (Å²) in [4.78, 5) is 0. The molecule has 0 radical (unpaired) electrons. The van der Waals surface area contributed by atoms with Gasteiger partial charge < -0.3 is 10.1 Å². The van der Waals surface area contributed by atoms with E-state index in [4.69, 9.17) is 27.9 Å². The van der Waals surface area contributed by atoms with Gasteiger partial charge >= 0.3 is 0 Å². The second-order valence-corrected chi connectivity index (χ2v) is 8.03. The number of nitrogens with one attached hydrogen (secondary N) is 1. The van der Waals surface area contributed by atoms with Gasteiger partial charge in [0, 0.05) is 22.6 Å². The maximum atomic E-state index is 6.09. The first-order valence-corrected chi connectivity index (χ1v) is 10.2. The van der Waals surface area contributed by atoms with E-state index < -0.39 is 0 Å². The number of halogens is 3. The summed E-state index contributed by atoms with van der Waals surface area (Å²) in [6, 6.07) is 22.2. The third-order valence-electron chi connectivity index (χ3n) is 4.30. The van der Waals surface area contributed by atoms with Gasteiger partial charge in [0.25, 0.3) is 0 Å². The minimum absolute atomic E-state index is 0.244. The number of ether oxygens (including phenoxy) is 1. The third kappa shape index (κ3) is 5.73. The van der Waals surface area contributed by atoms with E-state index in [0.717, 1.165) is 21.3 Å². The number of hydrogen-bond donors (Lipinski definition) is 1. The van der Waals surface area contributed by atoms with Gasteiger partial charge in [0.2, 0.25) is 0 Å². The molecule has 0 unspecified atom stereocenters. The highest BCUT2D eigenvalue weighted by atomic mass is 79.9. The second-order valence-electron chi connectivity index (χ2n) is 6.30. The van der Waals surface area contributed by atoms with Crippen LogP contribution in [-0.4, -0.2) is 0 Å². The van der Waals surface area contributed by atoms with Crippen LogP contribution in [0.5, 0.6) is 5.75 Å². The minimum atomic E-state index is 0.244. The standard InChI is InChI=1S/C22H20BrCl2NO/c1-15(17-5-3-2-4-6-17)26-13-18-12-19(23)8-10-22(18)27-14-16-7-9-20(24)21(25)11-16/h2-12,15,26H,13-14H2,1H3/t15-/m0/s1. The molecule has 27 heavy (non-hydrogen) atoms. The van der Waals surface area contributed by atoms with E-state index in [-0.39, 0.29) is 6.04 Å². The van der Waals surface area contributed by atoms with Gasteiger partial charge in [-0.3, -0.25) is 0 Å². The summed E-state index contributed by atoms with van der Waals surface area (Å²) in [6.45, 7) is 3.29. The van der Waals surface area contributed by atoms with Crippen molar-refractivity contribution >= 4 is 39.1 Å². The van der Waals surface area contributed by atoms with Crippen LogP contribution in [0.1, 0.15) is 29.7 Å². The molecule has 3 rings (SSSR count). The molecule has 2 nitrogen and oxygen atoms in total. The Labute approximate surface area is 178 Å². The van der Waals surface area contributed by atoms with Crippen molar-refractivity contribution in [2.24, 2.45) is 0 Å². The molecule has 0 amide bonds. The molecule has 0 aliphatic rings. The summed E-state index contributed by atoms with van der Waals surface area (Å²) in [5, 5.41) is 4.64. The molecule has 0 spiro atoms. The lowest BCUT2D eigenvalue weighted by Crippen LogP contribution is -2.18. The largest absolute Gasteiger partial charge is 0.489 e. The van der Waals surface area contributed by atoms with Gasteiger partial charge in [-0.25, -0.2) is 0 Å². The Kier molecular flexibility index (Phi) is 7.20. The molecule has 0 aliphatic carbocycles. The maximum Gasteiger partial charge on any atom is 0.124 e. The van der Waals surface area contributed by atoms with Gasteiger partial charge in [-0.1, -0.05) is 75.5 Å². The fourth-order valence-corrected chi connectivity index (χ4v) is 3.47. The lowest BCUT2D eigenvalue weighted by atomic mass is 10.1. The second kappa shape index (κ2) is 9.61. The predicted molar refractivity (Wildman–Crippen MR) is 117 cm³/mol. The third-order valence-corrected chi connectivity index (χ3v) is 5.53. The molecule has 0 aliphatic heterocycles. The van der Waals surface area contributed by atoms with E-state index in [1.54, 1.807) is 6.07 Å². The maximum absolute atomic E-state index is 6.09. The van der Waals surface area contributed by atoms with Crippen LogP contribution in [0.25, 0.3) is 0 Å². The van der Waals surface area contributed by atoms with Gasteiger partial charge in [0.1, 0.15) is 12.4 Å². The Balaban J connectivity index is 1.68. The number of rotatable bonds is 7. The minimum Gasteiger partial charge on any atom is -0.489 e. The van der Waals surface area contributed by atoms with Crippen LogP contribution in [0.15, 0.2) is 71.2 Å². The van der Waals surface area contributed by atoms with Gasteiger partial charge in [0.15, 0.2) is 0 Å². The zero-order valence-electron chi connectivity index (χ0n) is 14.9. The van der Waals surface area contributed by atoms with Crippen molar-refractivity contribution in [3.8, 4) is 5.75 Å². The molecule has 0 aromatic heterocycles. The number of benzene rings is 3. The average molecular weight is 465 g/mol. The first-order valence-electron chi connectivity index (χ1n) is 8.66. The summed E-state index contributed by atoms with van der Waals surface area (Å²) in [5.74, 6) is 0.844. The normalized spacial score (nSPS) is 12.0. The van der Waals surface area contributed by atoms with Crippen molar-refractivity contribution < 1.29 is 4.74 Å². The van der Waals surface area contributed by atoms with Gasteiger partial charge in [-0.05, 0) is 48.4 Å². The van der Waals surface area contributed by atoms with Crippen molar-refractivity contribution in [2.45, 2.75) is 26.1 Å². The molecule has 0 heterocycles. The molecule has 3 aromatic carbocycles. The topological polar surface area (TPSA) is 21.3 Å². The first kappa shape index (κ1) is 20.2. The van der Waals surface area contributed by atoms with E-state index in [1.807, 2.05) is 30.3 Å². The molecule has 5 heteroatoms. The first-order chi connectivity index (χ1) is 13.0. The Morgan fingerprint density at radius 2 is 1.74 bits per heavy atom. The van der Waals surface area contributed by atoms with E-state index in [1.165, 1.54) is 5.56 Å². The van der Waals surface area contributed by atoms with Crippen molar-refractivity contribution in [3.05, 3.63) is 97.9 Å². The highest BCUT2D eigenvalue weighted by Gasteiger charge is 2.09. The summed E-state index contributed by atoms with van der Waals surface area (Å²) >= 11 is 15.6. The molecule has 0 saturated heterocycles. The van der Waals surface area contributed by atoms with Gasteiger partial charge in [0.05, 0.1) is 10.0 Å². The number of hydrogen-bond acceptors (Lipinski definition) is 2. The fourth-order valence-electron chi connectivity index (χ4n) is 2.74. The zero-order valence-corrected chi connectivity index (χ0v) is 18.0. The Morgan fingerprint density at radius 1 is 0.963 bits per heavy atom. The van der Waals surface area contributed by atoms with Crippen LogP contribution in [0.2, 0.25) is 10.0 Å². The summed E-state index contributed by atoms with van der Waals surface area (Å²) in [7, 11) is 0. The molecule has 3 aromatic rings. The van der Waals surface area contributed by atoms with Crippen LogP contribution in [0.3, 0.4) is 0 Å². The van der Waals surface area contributed by atoms with Crippen molar-refractivity contribution in [2.75, 3.05) is 0 Å². The van der Waals surface area contributed by atoms with Gasteiger partial charge in [-0.2, -0.15) is 0 Å². The van der Waals surface area contributed by atoms with Crippen LogP contribution in [0.4, 0.5) is 0 Å². The Hall–Kier alpha value is -1.52. The van der Waals surface area contributed by atoms with Crippen molar-refractivity contribution in [1.29, 1.82) is 0 Å². The highest BCUT2D eigenvalue weighted by molar-refractivity contribution is 9.10. The lowest BCUT2D eigenvalue weighted by molar-refractivity contribution is 0.301. The van der Waals surface area contributed by atoms with E-state index >= 15 is 0 Å². The molecular formula is C22H20BrCl2NO. The van der Waals surface area contributed by atoms with E-state index in [2.05, 4.69) is 58.5 Å². The highest BCUT2D eigenvalue weighted by Crippen LogP contribution is 2.27. The lowest BCUT2D eigenvalue weighted by Gasteiger charge is -2.17. The predicted octanol–water partition coefficient (Wildman–Crippen LogP) is 7.19. The molecule has 140 valence electrons. The van der Waals surface area contributed by atoms with E-state index in [9.17, 15) is 0 Å². The van der Waals surface area contributed by atoms with Crippen LogP contribution in [-0.2, 0) is 13.2 Å². The zero-order chi connectivity index (χ0) is 19.2.